The van der Waals surface area contributed by atoms with Crippen molar-refractivity contribution in [2.45, 2.75) is 19.9 Å². The van der Waals surface area contributed by atoms with Crippen molar-refractivity contribution < 1.29 is 14.1 Å². The molecule has 29 heavy (non-hydrogen) atoms. The minimum atomic E-state index is -0.676. The van der Waals surface area contributed by atoms with E-state index >= 15 is 0 Å². The van der Waals surface area contributed by atoms with Gasteiger partial charge in [0.05, 0.1) is 28.5 Å². The molecule has 0 radical (unpaired) electrons. The van der Waals surface area contributed by atoms with Crippen LogP contribution in [0.5, 0.6) is 0 Å². The molecule has 0 saturated heterocycles. The Morgan fingerprint density at radius 1 is 1.21 bits per heavy atom. The van der Waals surface area contributed by atoms with Gasteiger partial charge in [-0.3, -0.25) is 24.8 Å². The standard InChI is InChI=1S/C20H16N4O4S/c1-2-13-6-5-8-16-18(13)22-20(29-16)23(12-14-7-3-4-11-21-14)19(25)15-9-10-17(28-15)24(26)27/h3-11H,2,12H2,1H3. The molecule has 146 valence electrons. The van der Waals surface area contributed by atoms with Crippen LogP contribution < -0.4 is 4.90 Å². The van der Waals surface area contributed by atoms with Gasteiger partial charge in [0.2, 0.25) is 0 Å². The van der Waals surface area contributed by atoms with Crippen LogP contribution in [0.25, 0.3) is 10.2 Å². The number of hydrogen-bond donors (Lipinski definition) is 0. The maximum atomic E-state index is 13.2. The summed E-state index contributed by atoms with van der Waals surface area (Å²) < 4.78 is 6.09. The first kappa shape index (κ1) is 18.8. The number of furan rings is 1. The molecule has 8 nitrogen and oxygen atoms in total. The minimum Gasteiger partial charge on any atom is -0.395 e. The highest BCUT2D eigenvalue weighted by molar-refractivity contribution is 7.22. The van der Waals surface area contributed by atoms with Crippen LogP contribution in [0.1, 0.15) is 28.7 Å². The van der Waals surface area contributed by atoms with Gasteiger partial charge in [0.1, 0.15) is 4.92 Å². The average molecular weight is 408 g/mol. The Morgan fingerprint density at radius 2 is 2.07 bits per heavy atom. The Labute approximate surface area is 169 Å². The third kappa shape index (κ3) is 3.72. The number of carbonyl (C=O) groups is 1. The summed E-state index contributed by atoms with van der Waals surface area (Å²) >= 11 is 1.38. The molecule has 0 spiro atoms. The molecule has 1 amide bonds. The van der Waals surface area contributed by atoms with E-state index < -0.39 is 16.7 Å². The Balaban J connectivity index is 1.77. The highest BCUT2D eigenvalue weighted by Gasteiger charge is 2.27. The zero-order chi connectivity index (χ0) is 20.4. The van der Waals surface area contributed by atoms with Crippen LogP contribution in [0.3, 0.4) is 0 Å². The molecule has 0 atom stereocenters. The maximum Gasteiger partial charge on any atom is 0.433 e. The van der Waals surface area contributed by atoms with Crippen molar-refractivity contribution in [3.05, 3.63) is 81.9 Å². The van der Waals surface area contributed by atoms with Gasteiger partial charge >= 0.3 is 5.88 Å². The van der Waals surface area contributed by atoms with Crippen LogP contribution in [0.4, 0.5) is 11.0 Å². The van der Waals surface area contributed by atoms with Crippen molar-refractivity contribution in [2.24, 2.45) is 0 Å². The largest absolute Gasteiger partial charge is 0.433 e. The van der Waals surface area contributed by atoms with Crippen LogP contribution in [-0.4, -0.2) is 20.8 Å². The number of nitrogens with zero attached hydrogens (tertiary/aromatic N) is 4. The molecule has 0 N–H and O–H groups in total. The second-order valence-corrected chi connectivity index (χ2v) is 7.23. The molecule has 4 rings (SSSR count). The Hall–Kier alpha value is -3.59. The molecule has 4 aromatic rings. The third-order valence-corrected chi connectivity index (χ3v) is 5.42. The second-order valence-electron chi connectivity index (χ2n) is 6.22. The lowest BCUT2D eigenvalue weighted by Gasteiger charge is -2.18. The summed E-state index contributed by atoms with van der Waals surface area (Å²) in [6, 6.07) is 13.8. The molecular weight excluding hydrogens is 392 g/mol. The molecule has 3 heterocycles. The van der Waals surface area contributed by atoms with Gasteiger partial charge in [-0.2, -0.15) is 0 Å². The van der Waals surface area contributed by atoms with E-state index in [0.717, 1.165) is 22.2 Å². The average Bonchev–Trinajstić information content (AvgIpc) is 3.39. The smallest absolute Gasteiger partial charge is 0.395 e. The summed E-state index contributed by atoms with van der Waals surface area (Å²) in [5.74, 6) is -1.12. The van der Waals surface area contributed by atoms with Crippen molar-refractivity contribution in [3.8, 4) is 0 Å². The number of carbonyl (C=O) groups excluding carboxylic acids is 1. The quantitative estimate of drug-likeness (QED) is 0.341. The van der Waals surface area contributed by atoms with Crippen molar-refractivity contribution in [3.63, 3.8) is 0 Å². The van der Waals surface area contributed by atoms with E-state index in [9.17, 15) is 14.9 Å². The van der Waals surface area contributed by atoms with Crippen molar-refractivity contribution in [1.29, 1.82) is 0 Å². The fourth-order valence-electron chi connectivity index (χ4n) is 2.95. The molecule has 3 aromatic heterocycles. The number of nitro groups is 1. The van der Waals surface area contributed by atoms with E-state index in [1.807, 2.05) is 31.2 Å². The highest BCUT2D eigenvalue weighted by atomic mass is 32.1. The van der Waals surface area contributed by atoms with Crippen molar-refractivity contribution in [2.75, 3.05) is 4.90 Å². The molecular formula is C20H16N4O4S. The summed E-state index contributed by atoms with van der Waals surface area (Å²) in [4.78, 5) is 33.8. The summed E-state index contributed by atoms with van der Waals surface area (Å²) in [5, 5.41) is 11.4. The van der Waals surface area contributed by atoms with Gasteiger partial charge in [-0.05, 0) is 36.2 Å². The predicted molar refractivity (Wildman–Crippen MR) is 109 cm³/mol. The number of benzene rings is 1. The third-order valence-electron chi connectivity index (χ3n) is 4.38. The number of para-hydroxylation sites is 1. The highest BCUT2D eigenvalue weighted by Crippen LogP contribution is 2.33. The van der Waals surface area contributed by atoms with Gasteiger partial charge < -0.3 is 4.42 Å². The van der Waals surface area contributed by atoms with Gasteiger partial charge in [0.15, 0.2) is 10.9 Å². The van der Waals surface area contributed by atoms with Crippen molar-refractivity contribution in [1.82, 2.24) is 9.97 Å². The molecule has 9 heteroatoms. The van der Waals surface area contributed by atoms with E-state index in [1.54, 1.807) is 18.3 Å². The predicted octanol–water partition coefficient (Wildman–Crippen LogP) is 4.60. The maximum absolute atomic E-state index is 13.2. The van der Waals surface area contributed by atoms with E-state index in [-0.39, 0.29) is 12.3 Å². The lowest BCUT2D eigenvalue weighted by Crippen LogP contribution is -2.30. The van der Waals surface area contributed by atoms with Gasteiger partial charge in [0.25, 0.3) is 5.91 Å². The summed E-state index contributed by atoms with van der Waals surface area (Å²) in [7, 11) is 0. The zero-order valence-corrected chi connectivity index (χ0v) is 16.3. The fourth-order valence-corrected chi connectivity index (χ4v) is 3.96. The van der Waals surface area contributed by atoms with Crippen LogP contribution in [0, 0.1) is 10.1 Å². The van der Waals surface area contributed by atoms with E-state index in [2.05, 4.69) is 9.97 Å². The topological polar surface area (TPSA) is 102 Å². The Kier molecular flexibility index (Phi) is 5.05. The molecule has 0 aliphatic rings. The fraction of sp³-hybridized carbons (Fsp3) is 0.150. The number of hydrogen-bond acceptors (Lipinski definition) is 7. The van der Waals surface area contributed by atoms with Gasteiger partial charge in [0, 0.05) is 6.20 Å². The number of fused-ring (bicyclic) bond motifs is 1. The molecule has 0 fully saturated rings. The molecule has 0 bridgehead atoms. The van der Waals surface area contributed by atoms with Gasteiger partial charge in [-0.1, -0.05) is 36.5 Å². The van der Waals surface area contributed by atoms with Gasteiger partial charge in [-0.15, -0.1) is 0 Å². The van der Waals surface area contributed by atoms with E-state index in [4.69, 9.17) is 4.42 Å². The first-order chi connectivity index (χ1) is 14.1. The molecule has 0 unspecified atom stereocenters. The van der Waals surface area contributed by atoms with Crippen molar-refractivity contribution >= 4 is 38.5 Å². The summed E-state index contributed by atoms with van der Waals surface area (Å²) in [5.41, 5.74) is 2.60. The van der Waals surface area contributed by atoms with Gasteiger partial charge in [-0.25, -0.2) is 4.98 Å². The van der Waals surface area contributed by atoms with Crippen LogP contribution in [0.15, 0.2) is 59.1 Å². The number of thiazole rings is 1. The monoisotopic (exact) mass is 408 g/mol. The lowest BCUT2D eigenvalue weighted by molar-refractivity contribution is -0.402. The number of anilines is 1. The minimum absolute atomic E-state index is 0.123. The van der Waals surface area contributed by atoms with E-state index in [0.29, 0.717) is 10.8 Å². The molecule has 0 saturated carbocycles. The lowest BCUT2D eigenvalue weighted by atomic mass is 10.1. The molecule has 0 aliphatic carbocycles. The number of rotatable bonds is 6. The molecule has 0 aliphatic heterocycles. The number of aryl methyl sites for hydroxylation is 1. The Morgan fingerprint density at radius 3 is 2.76 bits per heavy atom. The van der Waals surface area contributed by atoms with Crippen LogP contribution >= 0.6 is 11.3 Å². The number of aromatic nitrogens is 2. The number of amides is 1. The summed E-state index contributed by atoms with van der Waals surface area (Å²) in [6.45, 7) is 2.21. The first-order valence-corrected chi connectivity index (χ1v) is 9.73. The second kappa shape index (κ2) is 7.80. The summed E-state index contributed by atoms with van der Waals surface area (Å²) in [6.07, 6.45) is 2.46. The molecule has 1 aromatic carbocycles. The first-order valence-electron chi connectivity index (χ1n) is 8.91. The van der Waals surface area contributed by atoms with Crippen LogP contribution in [-0.2, 0) is 13.0 Å². The van der Waals surface area contributed by atoms with E-state index in [1.165, 1.54) is 28.4 Å². The normalized spacial score (nSPS) is 10.9. The zero-order valence-electron chi connectivity index (χ0n) is 15.4. The SMILES string of the molecule is CCc1cccc2sc(N(Cc3ccccn3)C(=O)c3ccc([N+](=O)[O-])o3)nc12. The van der Waals surface area contributed by atoms with Crippen LogP contribution in [0.2, 0.25) is 0 Å². The number of pyridine rings is 1. The Bertz CT molecular complexity index is 1190.